The molecule has 0 amide bonds. The molecule has 0 aliphatic carbocycles. The SMILES string of the molecule is CC(C)(SCc1ccc(Cl)nc1)[C@H](N)C(=O)O. The Labute approximate surface area is 110 Å². The second-order valence-electron chi connectivity index (χ2n) is 4.20. The summed E-state index contributed by atoms with van der Waals surface area (Å²) < 4.78 is -0.536. The molecule has 0 fully saturated rings. The highest BCUT2D eigenvalue weighted by atomic mass is 35.5. The Kier molecular flexibility index (Phi) is 4.80. The number of pyridine rings is 1. The molecule has 0 unspecified atom stereocenters. The van der Waals surface area contributed by atoms with Crippen molar-refractivity contribution in [3.8, 4) is 0 Å². The van der Waals surface area contributed by atoms with Gasteiger partial charge in [0, 0.05) is 16.7 Å². The average molecular weight is 275 g/mol. The third kappa shape index (κ3) is 4.18. The number of thioether (sulfide) groups is 1. The number of hydrogen-bond donors (Lipinski definition) is 2. The molecule has 0 saturated carbocycles. The van der Waals surface area contributed by atoms with Gasteiger partial charge in [-0.2, -0.15) is 0 Å². The standard InChI is InChI=1S/C11H15ClN2O2S/c1-11(2,9(13)10(15)16)17-6-7-3-4-8(12)14-5-7/h3-5,9H,6,13H2,1-2H3,(H,15,16)/t9-/m1/s1. The Balaban J connectivity index is 2.60. The van der Waals surface area contributed by atoms with Crippen LogP contribution in [0.3, 0.4) is 0 Å². The lowest BCUT2D eigenvalue weighted by Crippen LogP contribution is -2.46. The summed E-state index contributed by atoms with van der Waals surface area (Å²) in [6, 6.07) is 2.68. The number of carboxylic acid groups (broad SMARTS) is 1. The van der Waals surface area contributed by atoms with E-state index in [4.69, 9.17) is 22.4 Å². The van der Waals surface area contributed by atoms with Gasteiger partial charge >= 0.3 is 5.97 Å². The van der Waals surface area contributed by atoms with Crippen LogP contribution in [-0.2, 0) is 10.5 Å². The number of nitrogens with zero attached hydrogens (tertiary/aromatic N) is 1. The highest BCUT2D eigenvalue weighted by Gasteiger charge is 2.32. The van der Waals surface area contributed by atoms with Crippen molar-refractivity contribution in [1.82, 2.24) is 4.98 Å². The summed E-state index contributed by atoms with van der Waals surface area (Å²) in [6.07, 6.45) is 1.68. The number of halogens is 1. The molecule has 6 heteroatoms. The van der Waals surface area contributed by atoms with Gasteiger partial charge in [0.2, 0.25) is 0 Å². The Morgan fingerprint density at radius 1 is 1.65 bits per heavy atom. The first-order valence-corrected chi connectivity index (χ1v) is 6.42. The van der Waals surface area contributed by atoms with Crippen molar-refractivity contribution in [1.29, 1.82) is 0 Å². The van der Waals surface area contributed by atoms with Gasteiger partial charge < -0.3 is 10.8 Å². The molecule has 0 radical (unpaired) electrons. The Bertz CT molecular complexity index is 395. The lowest BCUT2D eigenvalue weighted by atomic mass is 10.1. The van der Waals surface area contributed by atoms with Crippen molar-refractivity contribution in [3.63, 3.8) is 0 Å². The molecular formula is C11H15ClN2O2S. The van der Waals surface area contributed by atoms with Gasteiger partial charge in [-0.05, 0) is 25.5 Å². The molecule has 1 heterocycles. The molecule has 17 heavy (non-hydrogen) atoms. The number of carbonyl (C=O) groups is 1. The molecule has 1 aromatic rings. The summed E-state index contributed by atoms with van der Waals surface area (Å²) in [4.78, 5) is 14.8. The lowest BCUT2D eigenvalue weighted by Gasteiger charge is -2.27. The van der Waals surface area contributed by atoms with E-state index in [0.717, 1.165) is 5.56 Å². The highest BCUT2D eigenvalue weighted by Crippen LogP contribution is 2.30. The quantitative estimate of drug-likeness (QED) is 0.805. The number of rotatable bonds is 5. The second kappa shape index (κ2) is 5.71. The molecule has 0 saturated heterocycles. The first-order valence-electron chi connectivity index (χ1n) is 5.05. The van der Waals surface area contributed by atoms with Crippen LogP contribution in [0.4, 0.5) is 0 Å². The molecule has 1 aromatic heterocycles. The fourth-order valence-corrected chi connectivity index (χ4v) is 2.25. The number of aliphatic carboxylic acids is 1. The number of hydrogen-bond acceptors (Lipinski definition) is 4. The summed E-state index contributed by atoms with van der Waals surface area (Å²) in [6.45, 7) is 3.64. The van der Waals surface area contributed by atoms with Crippen molar-refractivity contribution in [2.75, 3.05) is 0 Å². The number of nitrogens with two attached hydrogens (primary N) is 1. The Morgan fingerprint density at radius 3 is 2.76 bits per heavy atom. The van der Waals surface area contributed by atoms with E-state index < -0.39 is 16.8 Å². The molecule has 3 N–H and O–H groups in total. The summed E-state index contributed by atoms with van der Waals surface area (Å²) in [5.74, 6) is -0.338. The minimum atomic E-state index is -0.989. The van der Waals surface area contributed by atoms with Crippen LogP contribution in [0.15, 0.2) is 18.3 Å². The largest absolute Gasteiger partial charge is 0.480 e. The van der Waals surface area contributed by atoms with Crippen LogP contribution in [0.2, 0.25) is 5.15 Å². The van der Waals surface area contributed by atoms with Crippen LogP contribution in [-0.4, -0.2) is 26.8 Å². The molecule has 0 aromatic carbocycles. The van der Waals surface area contributed by atoms with Crippen molar-refractivity contribution >= 4 is 29.3 Å². The number of aromatic nitrogens is 1. The average Bonchev–Trinajstić information content (AvgIpc) is 2.27. The fourth-order valence-electron chi connectivity index (χ4n) is 1.15. The van der Waals surface area contributed by atoms with E-state index in [9.17, 15) is 4.79 Å². The smallest absolute Gasteiger partial charge is 0.321 e. The Hall–Kier alpha value is -0.780. The maximum absolute atomic E-state index is 10.8. The van der Waals surface area contributed by atoms with E-state index in [1.54, 1.807) is 12.3 Å². The molecule has 0 aliphatic rings. The van der Waals surface area contributed by atoms with Gasteiger partial charge in [-0.1, -0.05) is 17.7 Å². The summed E-state index contributed by atoms with van der Waals surface area (Å²) >= 11 is 7.16. The molecule has 0 aliphatic heterocycles. The normalized spacial score (nSPS) is 13.4. The molecular weight excluding hydrogens is 260 g/mol. The van der Waals surface area contributed by atoms with Gasteiger partial charge in [0.25, 0.3) is 0 Å². The van der Waals surface area contributed by atoms with Gasteiger partial charge in [-0.25, -0.2) is 4.98 Å². The zero-order valence-electron chi connectivity index (χ0n) is 9.68. The van der Waals surface area contributed by atoms with Gasteiger partial charge in [-0.3, -0.25) is 4.79 Å². The maximum atomic E-state index is 10.8. The molecule has 1 rings (SSSR count). The lowest BCUT2D eigenvalue weighted by molar-refractivity contribution is -0.139. The summed E-state index contributed by atoms with van der Waals surface area (Å²) in [7, 11) is 0. The van der Waals surface area contributed by atoms with Gasteiger partial charge in [0.1, 0.15) is 11.2 Å². The second-order valence-corrected chi connectivity index (χ2v) is 6.21. The number of carboxylic acids is 1. The van der Waals surface area contributed by atoms with E-state index in [2.05, 4.69) is 4.98 Å². The van der Waals surface area contributed by atoms with Crippen molar-refractivity contribution in [2.24, 2.45) is 5.73 Å². The summed E-state index contributed by atoms with van der Waals surface area (Å²) in [5, 5.41) is 9.33. The van der Waals surface area contributed by atoms with Crippen molar-refractivity contribution in [3.05, 3.63) is 29.0 Å². The predicted octanol–water partition coefficient (Wildman–Crippen LogP) is 2.16. The van der Waals surface area contributed by atoms with E-state index in [1.165, 1.54) is 11.8 Å². The van der Waals surface area contributed by atoms with E-state index in [1.807, 2.05) is 19.9 Å². The van der Waals surface area contributed by atoms with Crippen LogP contribution < -0.4 is 5.73 Å². The van der Waals surface area contributed by atoms with Crippen molar-refractivity contribution in [2.45, 2.75) is 30.4 Å². The molecule has 94 valence electrons. The van der Waals surface area contributed by atoms with E-state index >= 15 is 0 Å². The van der Waals surface area contributed by atoms with Crippen LogP contribution in [0.5, 0.6) is 0 Å². The molecule has 4 nitrogen and oxygen atoms in total. The zero-order valence-corrected chi connectivity index (χ0v) is 11.3. The third-order valence-electron chi connectivity index (χ3n) is 2.41. The van der Waals surface area contributed by atoms with Gasteiger partial charge in [0.15, 0.2) is 0 Å². The highest BCUT2D eigenvalue weighted by molar-refractivity contribution is 7.99. The first-order chi connectivity index (χ1) is 7.83. The summed E-state index contributed by atoms with van der Waals surface area (Å²) in [5.41, 5.74) is 6.62. The Morgan fingerprint density at radius 2 is 2.29 bits per heavy atom. The van der Waals surface area contributed by atoms with Crippen LogP contribution in [0.25, 0.3) is 0 Å². The first kappa shape index (κ1) is 14.3. The maximum Gasteiger partial charge on any atom is 0.321 e. The van der Waals surface area contributed by atoms with Crippen LogP contribution in [0.1, 0.15) is 19.4 Å². The molecule has 1 atom stereocenters. The van der Waals surface area contributed by atoms with E-state index in [-0.39, 0.29) is 0 Å². The zero-order chi connectivity index (χ0) is 13.1. The van der Waals surface area contributed by atoms with Gasteiger partial charge in [0.05, 0.1) is 0 Å². The minimum absolute atomic E-state index is 0.445. The van der Waals surface area contributed by atoms with Crippen molar-refractivity contribution < 1.29 is 9.90 Å². The van der Waals surface area contributed by atoms with E-state index in [0.29, 0.717) is 10.9 Å². The van der Waals surface area contributed by atoms with Gasteiger partial charge in [-0.15, -0.1) is 11.8 Å². The monoisotopic (exact) mass is 274 g/mol. The van der Waals surface area contributed by atoms with Crippen LogP contribution >= 0.6 is 23.4 Å². The third-order valence-corrected chi connectivity index (χ3v) is 4.11. The fraction of sp³-hybridized carbons (Fsp3) is 0.455. The topological polar surface area (TPSA) is 76.2 Å². The molecule has 0 spiro atoms. The molecule has 0 bridgehead atoms. The minimum Gasteiger partial charge on any atom is -0.480 e. The van der Waals surface area contributed by atoms with Crippen LogP contribution in [0, 0.1) is 0 Å². The predicted molar refractivity (Wildman–Crippen MR) is 70.2 cm³/mol.